The van der Waals surface area contributed by atoms with E-state index in [1.54, 1.807) is 20.8 Å². The van der Waals surface area contributed by atoms with Crippen LogP contribution in [0.3, 0.4) is 0 Å². The molecule has 4 nitrogen and oxygen atoms in total. The number of hydrogen-bond acceptors (Lipinski definition) is 4. The maximum absolute atomic E-state index is 12.4. The van der Waals surface area contributed by atoms with Crippen LogP contribution < -0.4 is 0 Å². The van der Waals surface area contributed by atoms with Crippen LogP contribution in [-0.4, -0.2) is 27.7 Å². The molecule has 0 bridgehead atoms. The summed E-state index contributed by atoms with van der Waals surface area (Å²) in [5.74, 6) is -0.169. The van der Waals surface area contributed by atoms with Crippen molar-refractivity contribution in [1.29, 1.82) is 0 Å². The van der Waals surface area contributed by atoms with Gasteiger partial charge in [0.15, 0.2) is 5.78 Å². The van der Waals surface area contributed by atoms with Gasteiger partial charge in [0.05, 0.1) is 11.5 Å². The monoisotopic (exact) mass is 264 g/mol. The summed E-state index contributed by atoms with van der Waals surface area (Å²) in [5, 5.41) is 29.7. The molecule has 1 aliphatic rings. The number of benzene rings is 1. The standard InChI is InChI=1S/C15H20O4/c1-7-9(5-6-16)8(2)12(17)11-10(7)13(18)15(3,4)14(11)19/h14,16-17,19H,5-6H2,1-4H3/t14-/m1/s1. The topological polar surface area (TPSA) is 77.8 Å². The van der Waals surface area contributed by atoms with Crippen molar-refractivity contribution in [3.63, 3.8) is 0 Å². The highest BCUT2D eigenvalue weighted by Gasteiger charge is 2.48. The fourth-order valence-corrected chi connectivity index (χ4v) is 2.95. The Morgan fingerprint density at radius 1 is 1.21 bits per heavy atom. The fourth-order valence-electron chi connectivity index (χ4n) is 2.95. The van der Waals surface area contributed by atoms with Gasteiger partial charge in [-0.15, -0.1) is 0 Å². The second-order valence-corrected chi connectivity index (χ2v) is 5.79. The van der Waals surface area contributed by atoms with Crippen LogP contribution in [0.25, 0.3) is 0 Å². The van der Waals surface area contributed by atoms with E-state index in [1.165, 1.54) is 0 Å². The van der Waals surface area contributed by atoms with Crippen molar-refractivity contribution in [2.45, 2.75) is 40.2 Å². The van der Waals surface area contributed by atoms with Gasteiger partial charge in [0.1, 0.15) is 5.75 Å². The van der Waals surface area contributed by atoms with Crippen molar-refractivity contribution in [2.75, 3.05) is 6.61 Å². The largest absolute Gasteiger partial charge is 0.507 e. The third-order valence-corrected chi connectivity index (χ3v) is 4.29. The minimum atomic E-state index is -0.990. The molecule has 104 valence electrons. The van der Waals surface area contributed by atoms with E-state index in [-0.39, 0.29) is 18.1 Å². The van der Waals surface area contributed by atoms with E-state index in [9.17, 15) is 15.0 Å². The van der Waals surface area contributed by atoms with E-state index in [0.29, 0.717) is 23.1 Å². The Morgan fingerprint density at radius 2 is 1.79 bits per heavy atom. The van der Waals surface area contributed by atoms with E-state index < -0.39 is 11.5 Å². The molecular weight excluding hydrogens is 244 g/mol. The molecule has 2 rings (SSSR count). The molecular formula is C15H20O4. The van der Waals surface area contributed by atoms with Crippen molar-refractivity contribution in [3.05, 3.63) is 27.8 Å². The van der Waals surface area contributed by atoms with E-state index >= 15 is 0 Å². The van der Waals surface area contributed by atoms with Gasteiger partial charge in [-0.3, -0.25) is 4.79 Å². The highest BCUT2D eigenvalue weighted by Crippen LogP contribution is 2.51. The van der Waals surface area contributed by atoms with E-state index in [0.717, 1.165) is 11.1 Å². The highest BCUT2D eigenvalue weighted by molar-refractivity contribution is 6.07. The van der Waals surface area contributed by atoms with E-state index in [2.05, 4.69) is 0 Å². The summed E-state index contributed by atoms with van der Waals surface area (Å²) in [6.07, 6.45) is -0.599. The number of rotatable bonds is 2. The predicted octanol–water partition coefficient (Wildman–Crippen LogP) is 1.80. The molecule has 0 saturated carbocycles. The van der Waals surface area contributed by atoms with Crippen molar-refractivity contribution in [3.8, 4) is 5.75 Å². The Kier molecular flexibility index (Phi) is 3.19. The number of aliphatic hydroxyl groups is 2. The van der Waals surface area contributed by atoms with Gasteiger partial charge in [-0.25, -0.2) is 0 Å². The zero-order chi connectivity index (χ0) is 14.5. The van der Waals surface area contributed by atoms with Crippen LogP contribution in [0.15, 0.2) is 0 Å². The van der Waals surface area contributed by atoms with Crippen molar-refractivity contribution in [2.24, 2.45) is 5.41 Å². The normalized spacial score (nSPS) is 20.7. The fraction of sp³-hybridized carbons (Fsp3) is 0.533. The number of carbonyl (C=O) groups excluding carboxylic acids is 1. The summed E-state index contributed by atoms with van der Waals surface area (Å²) in [5.41, 5.74) is 2.02. The van der Waals surface area contributed by atoms with Gasteiger partial charge in [-0.1, -0.05) is 0 Å². The molecule has 0 heterocycles. The maximum Gasteiger partial charge on any atom is 0.172 e. The van der Waals surface area contributed by atoms with Crippen LogP contribution in [-0.2, 0) is 6.42 Å². The van der Waals surface area contributed by atoms with Gasteiger partial charge in [-0.2, -0.15) is 0 Å². The molecule has 0 fully saturated rings. The molecule has 4 heteroatoms. The first-order chi connectivity index (χ1) is 8.75. The molecule has 19 heavy (non-hydrogen) atoms. The minimum Gasteiger partial charge on any atom is -0.507 e. The van der Waals surface area contributed by atoms with Crippen LogP contribution in [0.5, 0.6) is 5.75 Å². The zero-order valence-corrected chi connectivity index (χ0v) is 11.7. The average Bonchev–Trinajstić information content (AvgIpc) is 2.53. The number of fused-ring (bicyclic) bond motifs is 1. The third kappa shape index (κ3) is 1.70. The SMILES string of the molecule is Cc1c(O)c2c(c(C)c1CCO)C(=O)C(C)(C)[C@@H]2O. The molecule has 0 aliphatic heterocycles. The number of phenolic OH excluding ortho intramolecular Hbond substituents is 1. The Labute approximate surface area is 112 Å². The molecule has 1 atom stereocenters. The summed E-state index contributed by atoms with van der Waals surface area (Å²) < 4.78 is 0. The van der Waals surface area contributed by atoms with Gasteiger partial charge in [-0.05, 0) is 50.8 Å². The number of aromatic hydroxyl groups is 1. The Balaban J connectivity index is 2.80. The van der Waals surface area contributed by atoms with Crippen LogP contribution in [0.2, 0.25) is 0 Å². The second kappa shape index (κ2) is 4.32. The first-order valence-electron chi connectivity index (χ1n) is 6.43. The summed E-state index contributed by atoms with van der Waals surface area (Å²) in [6.45, 7) is 6.87. The van der Waals surface area contributed by atoms with Crippen molar-refractivity contribution in [1.82, 2.24) is 0 Å². The van der Waals surface area contributed by atoms with Crippen LogP contribution in [0.4, 0.5) is 0 Å². The Hall–Kier alpha value is -1.39. The average molecular weight is 264 g/mol. The number of phenols is 1. The molecule has 1 aliphatic carbocycles. The lowest BCUT2D eigenvalue weighted by molar-refractivity contribution is 0.0484. The third-order valence-electron chi connectivity index (χ3n) is 4.29. The first kappa shape index (κ1) is 14.0. The molecule has 0 spiro atoms. The van der Waals surface area contributed by atoms with Crippen molar-refractivity contribution >= 4 is 5.78 Å². The number of hydrogen-bond donors (Lipinski definition) is 3. The van der Waals surface area contributed by atoms with Gasteiger partial charge in [0.25, 0.3) is 0 Å². The predicted molar refractivity (Wildman–Crippen MR) is 71.4 cm³/mol. The molecule has 0 amide bonds. The molecule has 0 radical (unpaired) electrons. The van der Waals surface area contributed by atoms with Crippen LogP contribution in [0, 0.1) is 19.3 Å². The summed E-state index contributed by atoms with van der Waals surface area (Å²) in [4.78, 5) is 12.4. The quantitative estimate of drug-likeness (QED) is 0.761. The van der Waals surface area contributed by atoms with Gasteiger partial charge in [0, 0.05) is 17.7 Å². The maximum atomic E-state index is 12.4. The lowest BCUT2D eigenvalue weighted by Crippen LogP contribution is -2.23. The number of Topliss-reactive ketones (excluding diaryl/α,β-unsaturated/α-hetero) is 1. The van der Waals surface area contributed by atoms with Crippen LogP contribution in [0.1, 0.15) is 52.6 Å². The lowest BCUT2D eigenvalue weighted by atomic mass is 9.86. The molecule has 1 aromatic carbocycles. The van der Waals surface area contributed by atoms with Crippen molar-refractivity contribution < 1.29 is 20.1 Å². The number of carbonyl (C=O) groups is 1. The number of ketones is 1. The lowest BCUT2D eigenvalue weighted by Gasteiger charge is -2.21. The first-order valence-corrected chi connectivity index (χ1v) is 6.43. The van der Waals surface area contributed by atoms with Gasteiger partial charge in [0.2, 0.25) is 0 Å². The summed E-state index contributed by atoms with van der Waals surface area (Å²) in [7, 11) is 0. The van der Waals surface area contributed by atoms with Crippen LogP contribution >= 0.6 is 0 Å². The molecule has 0 saturated heterocycles. The molecule has 0 unspecified atom stereocenters. The summed E-state index contributed by atoms with van der Waals surface area (Å²) >= 11 is 0. The molecule has 1 aromatic rings. The zero-order valence-electron chi connectivity index (χ0n) is 11.7. The smallest absolute Gasteiger partial charge is 0.172 e. The Morgan fingerprint density at radius 3 is 2.32 bits per heavy atom. The van der Waals surface area contributed by atoms with Gasteiger partial charge < -0.3 is 15.3 Å². The van der Waals surface area contributed by atoms with Gasteiger partial charge >= 0.3 is 0 Å². The van der Waals surface area contributed by atoms with E-state index in [4.69, 9.17) is 5.11 Å². The second-order valence-electron chi connectivity index (χ2n) is 5.79. The highest BCUT2D eigenvalue weighted by atomic mass is 16.3. The summed E-state index contributed by atoms with van der Waals surface area (Å²) in [6, 6.07) is 0. The Bertz CT molecular complexity index is 558. The molecule has 0 aromatic heterocycles. The van der Waals surface area contributed by atoms with E-state index in [1.807, 2.05) is 6.92 Å². The molecule has 3 N–H and O–H groups in total. The minimum absolute atomic E-state index is 0.0181. The number of aliphatic hydroxyl groups excluding tert-OH is 2.